The molecule has 148 valence electrons. The van der Waals surface area contributed by atoms with Gasteiger partial charge in [-0.05, 0) is 42.8 Å². The number of hydrogen-bond donors (Lipinski definition) is 0. The van der Waals surface area contributed by atoms with Crippen LogP contribution in [-0.2, 0) is 9.59 Å². The molecular formula is C21H23BrN2O4. The lowest BCUT2D eigenvalue weighted by Gasteiger charge is -2.19. The summed E-state index contributed by atoms with van der Waals surface area (Å²) in [6.07, 6.45) is 1.45. The number of likely N-dealkylation sites (N-methyl/N-ethyl adjacent to an activating group) is 1. The summed E-state index contributed by atoms with van der Waals surface area (Å²) < 4.78 is 12.2. The number of hydrogen-bond acceptors (Lipinski definition) is 4. The van der Waals surface area contributed by atoms with E-state index in [1.807, 2.05) is 36.4 Å². The Bertz CT molecular complexity index is 825. The van der Waals surface area contributed by atoms with Gasteiger partial charge in [0.1, 0.15) is 18.1 Å². The van der Waals surface area contributed by atoms with E-state index in [1.54, 1.807) is 29.0 Å². The van der Waals surface area contributed by atoms with Crippen molar-refractivity contribution in [3.05, 3.63) is 53.0 Å². The molecule has 2 aromatic rings. The second-order valence-corrected chi connectivity index (χ2v) is 7.47. The Morgan fingerprint density at radius 3 is 2.64 bits per heavy atom. The van der Waals surface area contributed by atoms with Gasteiger partial charge in [0.2, 0.25) is 5.91 Å². The molecule has 0 aliphatic carbocycles. The van der Waals surface area contributed by atoms with Crippen molar-refractivity contribution in [1.29, 1.82) is 0 Å². The molecule has 1 aliphatic heterocycles. The molecule has 0 bridgehead atoms. The van der Waals surface area contributed by atoms with Crippen LogP contribution < -0.4 is 14.4 Å². The fourth-order valence-electron chi connectivity index (χ4n) is 2.87. The third kappa shape index (κ3) is 5.48. The van der Waals surface area contributed by atoms with Gasteiger partial charge < -0.3 is 19.3 Å². The van der Waals surface area contributed by atoms with Crippen molar-refractivity contribution in [2.45, 2.75) is 12.8 Å². The molecule has 7 heteroatoms. The second kappa shape index (κ2) is 9.59. The Labute approximate surface area is 173 Å². The number of anilines is 1. The van der Waals surface area contributed by atoms with E-state index < -0.39 is 0 Å². The van der Waals surface area contributed by atoms with Gasteiger partial charge in [0.15, 0.2) is 6.61 Å². The Kier molecular flexibility index (Phi) is 6.92. The number of carbonyl (C=O) groups is 2. The zero-order valence-electron chi connectivity index (χ0n) is 15.8. The van der Waals surface area contributed by atoms with E-state index in [9.17, 15) is 9.59 Å². The smallest absolute Gasteiger partial charge is 0.260 e. The number of carbonyl (C=O) groups excluding carboxylic acids is 2. The van der Waals surface area contributed by atoms with Crippen LogP contribution >= 0.6 is 15.9 Å². The summed E-state index contributed by atoms with van der Waals surface area (Å²) in [5.74, 6) is 1.32. The maximum Gasteiger partial charge on any atom is 0.260 e. The number of amides is 2. The first-order chi connectivity index (χ1) is 13.5. The Balaban J connectivity index is 1.44. The molecule has 0 atom stereocenters. The molecule has 0 spiro atoms. The van der Waals surface area contributed by atoms with Crippen LogP contribution in [0.1, 0.15) is 12.8 Å². The average Bonchev–Trinajstić information content (AvgIpc) is 3.13. The lowest BCUT2D eigenvalue weighted by molar-refractivity contribution is -0.132. The summed E-state index contributed by atoms with van der Waals surface area (Å²) in [5, 5.41) is 0. The van der Waals surface area contributed by atoms with Crippen molar-refractivity contribution in [1.82, 2.24) is 4.90 Å². The predicted octanol–water partition coefficient (Wildman–Crippen LogP) is 3.49. The lowest BCUT2D eigenvalue weighted by Crippen LogP contribution is -2.34. The fourth-order valence-corrected chi connectivity index (χ4v) is 3.14. The average molecular weight is 447 g/mol. The van der Waals surface area contributed by atoms with Crippen LogP contribution in [0.4, 0.5) is 5.69 Å². The van der Waals surface area contributed by atoms with E-state index in [2.05, 4.69) is 15.9 Å². The van der Waals surface area contributed by atoms with Gasteiger partial charge in [-0.1, -0.05) is 22.0 Å². The van der Waals surface area contributed by atoms with Gasteiger partial charge >= 0.3 is 0 Å². The van der Waals surface area contributed by atoms with Crippen molar-refractivity contribution in [2.75, 3.05) is 38.3 Å². The summed E-state index contributed by atoms with van der Waals surface area (Å²) >= 11 is 3.38. The summed E-state index contributed by atoms with van der Waals surface area (Å²) in [6.45, 7) is 1.52. The first-order valence-corrected chi connectivity index (χ1v) is 9.98. The summed E-state index contributed by atoms with van der Waals surface area (Å²) in [7, 11) is 1.72. The molecule has 1 aliphatic rings. The summed E-state index contributed by atoms with van der Waals surface area (Å²) in [4.78, 5) is 27.5. The first-order valence-electron chi connectivity index (χ1n) is 9.18. The van der Waals surface area contributed by atoms with E-state index in [0.717, 1.165) is 28.9 Å². The van der Waals surface area contributed by atoms with E-state index in [-0.39, 0.29) is 18.4 Å². The molecular weight excluding hydrogens is 424 g/mol. The van der Waals surface area contributed by atoms with Gasteiger partial charge in [-0.15, -0.1) is 0 Å². The SMILES string of the molecule is CN(CCOc1ccc(Br)cc1)C(=O)COc1cccc(N2CCCC2=O)c1. The highest BCUT2D eigenvalue weighted by Gasteiger charge is 2.22. The number of nitrogens with zero attached hydrogens (tertiary/aromatic N) is 2. The molecule has 6 nitrogen and oxygen atoms in total. The normalized spacial score (nSPS) is 13.5. The van der Waals surface area contributed by atoms with Crippen LogP contribution in [0.25, 0.3) is 0 Å². The monoisotopic (exact) mass is 446 g/mol. The first kappa shape index (κ1) is 20.2. The van der Waals surface area contributed by atoms with Gasteiger partial charge in [0, 0.05) is 36.2 Å². The Hall–Kier alpha value is -2.54. The second-order valence-electron chi connectivity index (χ2n) is 6.55. The van der Waals surface area contributed by atoms with Crippen molar-refractivity contribution >= 4 is 33.4 Å². The zero-order valence-corrected chi connectivity index (χ0v) is 17.4. The third-order valence-corrected chi connectivity index (χ3v) is 5.03. The summed E-state index contributed by atoms with van der Waals surface area (Å²) in [5.41, 5.74) is 0.809. The van der Waals surface area contributed by atoms with Crippen molar-refractivity contribution in [3.8, 4) is 11.5 Å². The van der Waals surface area contributed by atoms with Crippen LogP contribution in [0, 0.1) is 0 Å². The van der Waals surface area contributed by atoms with Gasteiger partial charge in [-0.25, -0.2) is 0 Å². The molecule has 0 radical (unpaired) electrons. The quantitative estimate of drug-likeness (QED) is 0.622. The Morgan fingerprint density at radius 1 is 1.14 bits per heavy atom. The summed E-state index contributed by atoms with van der Waals surface area (Å²) in [6, 6.07) is 14.8. The predicted molar refractivity (Wildman–Crippen MR) is 111 cm³/mol. The standard InChI is InChI=1S/C21H23BrN2O4/c1-23(12-13-27-18-9-7-16(22)8-10-18)21(26)15-28-19-5-2-4-17(14-19)24-11-3-6-20(24)25/h2,4-5,7-10,14H,3,6,11-13,15H2,1H3. The number of ether oxygens (including phenoxy) is 2. The highest BCUT2D eigenvalue weighted by Crippen LogP contribution is 2.25. The molecule has 0 unspecified atom stereocenters. The van der Waals surface area contributed by atoms with Gasteiger partial charge in [-0.3, -0.25) is 9.59 Å². The molecule has 3 rings (SSSR count). The van der Waals surface area contributed by atoms with Crippen LogP contribution in [-0.4, -0.2) is 50.1 Å². The maximum absolute atomic E-state index is 12.3. The molecule has 1 saturated heterocycles. The van der Waals surface area contributed by atoms with Crippen LogP contribution in [0.2, 0.25) is 0 Å². The highest BCUT2D eigenvalue weighted by atomic mass is 79.9. The largest absolute Gasteiger partial charge is 0.492 e. The third-order valence-electron chi connectivity index (χ3n) is 4.50. The zero-order chi connectivity index (χ0) is 19.9. The van der Waals surface area contributed by atoms with Crippen molar-refractivity contribution < 1.29 is 19.1 Å². The molecule has 2 amide bonds. The number of rotatable bonds is 8. The van der Waals surface area contributed by atoms with Crippen molar-refractivity contribution in [3.63, 3.8) is 0 Å². The van der Waals surface area contributed by atoms with Crippen molar-refractivity contribution in [2.24, 2.45) is 0 Å². The van der Waals surface area contributed by atoms with Crippen LogP contribution in [0.5, 0.6) is 11.5 Å². The van der Waals surface area contributed by atoms with E-state index in [4.69, 9.17) is 9.47 Å². The molecule has 1 heterocycles. The maximum atomic E-state index is 12.3. The molecule has 0 saturated carbocycles. The minimum atomic E-state index is -0.137. The van der Waals surface area contributed by atoms with Crippen LogP contribution in [0.15, 0.2) is 53.0 Å². The molecule has 1 fully saturated rings. The topological polar surface area (TPSA) is 59.1 Å². The molecule has 0 aromatic heterocycles. The molecule has 28 heavy (non-hydrogen) atoms. The van der Waals surface area contributed by atoms with E-state index >= 15 is 0 Å². The number of halogens is 1. The van der Waals surface area contributed by atoms with Gasteiger partial charge in [0.05, 0.1) is 6.54 Å². The van der Waals surface area contributed by atoms with E-state index in [1.165, 1.54) is 0 Å². The minimum Gasteiger partial charge on any atom is -0.492 e. The van der Waals surface area contributed by atoms with Gasteiger partial charge in [-0.2, -0.15) is 0 Å². The molecule has 2 aromatic carbocycles. The highest BCUT2D eigenvalue weighted by molar-refractivity contribution is 9.10. The number of benzene rings is 2. The van der Waals surface area contributed by atoms with Crippen LogP contribution in [0.3, 0.4) is 0 Å². The lowest BCUT2D eigenvalue weighted by atomic mass is 10.3. The minimum absolute atomic E-state index is 0.0633. The van der Waals surface area contributed by atoms with Gasteiger partial charge in [0.25, 0.3) is 5.91 Å². The van der Waals surface area contributed by atoms with E-state index in [0.29, 0.717) is 25.3 Å². The fraction of sp³-hybridized carbons (Fsp3) is 0.333. The Morgan fingerprint density at radius 2 is 1.93 bits per heavy atom. The molecule has 0 N–H and O–H groups in total.